The Bertz CT molecular complexity index is 2570. The summed E-state index contributed by atoms with van der Waals surface area (Å²) in [6.45, 7) is 3.55. The number of imide groups is 2. The van der Waals surface area contributed by atoms with E-state index < -0.39 is 48.6 Å². The van der Waals surface area contributed by atoms with Crippen molar-refractivity contribution in [2.75, 3.05) is 44.2 Å². The van der Waals surface area contributed by atoms with Crippen LogP contribution in [0.5, 0.6) is 0 Å². The number of benzene rings is 2. The van der Waals surface area contributed by atoms with Gasteiger partial charge in [-0.1, -0.05) is 0 Å². The van der Waals surface area contributed by atoms with Crippen molar-refractivity contribution >= 4 is 41.0 Å². The molecule has 64 heavy (non-hydrogen) atoms. The first-order valence-electron chi connectivity index (χ1n) is 21.9. The van der Waals surface area contributed by atoms with Crippen LogP contribution in [0.2, 0.25) is 0 Å². The highest BCUT2D eigenvalue weighted by atomic mass is 19.3. The lowest BCUT2D eigenvalue weighted by Gasteiger charge is -2.35. The van der Waals surface area contributed by atoms with Crippen LogP contribution >= 0.6 is 0 Å². The molecule has 8 heterocycles. The molecule has 1 unspecified atom stereocenters. The third-order valence-corrected chi connectivity index (χ3v) is 13.6. The molecule has 0 spiro atoms. The molecule has 5 amide bonds. The van der Waals surface area contributed by atoms with E-state index in [1.165, 1.54) is 0 Å². The van der Waals surface area contributed by atoms with Crippen LogP contribution in [0.25, 0.3) is 11.1 Å². The van der Waals surface area contributed by atoms with Gasteiger partial charge in [0.25, 0.3) is 24.2 Å². The van der Waals surface area contributed by atoms with Crippen molar-refractivity contribution in [2.45, 2.75) is 95.9 Å². The number of hydrogen-bond donors (Lipinski definition) is 1. The van der Waals surface area contributed by atoms with Crippen LogP contribution < -0.4 is 10.2 Å². The predicted molar refractivity (Wildman–Crippen MR) is 223 cm³/mol. The molecule has 336 valence electrons. The second kappa shape index (κ2) is 15.9. The maximum absolute atomic E-state index is 14.8. The number of alkyl halides is 4. The molecule has 0 bridgehead atoms. The van der Waals surface area contributed by atoms with Crippen molar-refractivity contribution in [3.8, 4) is 11.1 Å². The van der Waals surface area contributed by atoms with Gasteiger partial charge in [0, 0.05) is 107 Å². The number of fused-ring (bicyclic) bond motifs is 4. The van der Waals surface area contributed by atoms with E-state index in [0.717, 1.165) is 46.2 Å². The summed E-state index contributed by atoms with van der Waals surface area (Å²) in [5, 5.41) is 11.6. The van der Waals surface area contributed by atoms with Gasteiger partial charge in [0.2, 0.25) is 17.7 Å². The standard InChI is InChI=1S/C45H48F4N10O5/c1-45(48,49)24-54-11-9-35-34(22-54)41(57-10-3-4-25-14-30(28-18-50-53(2)19-28)31(40(46)47)17-37(25)57)52-59(35)29-7-12-56(13-8-29)39(61)23-55-20-26-15-32-33(16-27(26)21-55)44(64)58(43(32)63)36-5-6-38(60)51-42(36)62/h14-19,29,36,40H,3-13,20-24H2,1-2H3,(H,51,60,62). The van der Waals surface area contributed by atoms with E-state index in [1.807, 2.05) is 25.4 Å². The first-order chi connectivity index (χ1) is 30.6. The summed E-state index contributed by atoms with van der Waals surface area (Å²) in [6.07, 6.45) is 3.80. The third kappa shape index (κ3) is 7.54. The Hall–Kier alpha value is -5.95. The number of likely N-dealkylation sites (tertiary alicyclic amines) is 1. The van der Waals surface area contributed by atoms with Gasteiger partial charge in [0.1, 0.15) is 6.04 Å². The summed E-state index contributed by atoms with van der Waals surface area (Å²) < 4.78 is 61.8. The molecular weight excluding hydrogens is 837 g/mol. The van der Waals surface area contributed by atoms with E-state index >= 15 is 0 Å². The molecule has 10 rings (SSSR count). The molecule has 0 saturated carbocycles. The highest BCUT2D eigenvalue weighted by Gasteiger charge is 2.46. The number of rotatable bonds is 9. The quantitative estimate of drug-likeness (QED) is 0.182. The summed E-state index contributed by atoms with van der Waals surface area (Å²) in [7, 11) is 1.74. The van der Waals surface area contributed by atoms with Gasteiger partial charge in [-0.15, -0.1) is 0 Å². The van der Waals surface area contributed by atoms with Crippen LogP contribution in [0.1, 0.15) is 106 Å². The SMILES string of the molecule is Cn1cc(-c2cc3c(cc2C(F)F)N(c2nn(C4CCN(C(=O)CN5Cc6cc7c(cc6C5)C(=O)N(C5CCC(=O)NC5=O)C7=O)CC4)c4c2CN(CC(C)(F)F)CC4)CCC3)cn1. The molecule has 0 radical (unpaired) electrons. The lowest BCUT2D eigenvalue weighted by molar-refractivity contribution is -0.136. The molecule has 4 aromatic rings. The van der Waals surface area contributed by atoms with Gasteiger partial charge in [-0.25, -0.2) is 17.6 Å². The largest absolute Gasteiger partial charge is 0.341 e. The average Bonchev–Trinajstić information content (AvgIpc) is 4.02. The van der Waals surface area contributed by atoms with E-state index in [9.17, 15) is 41.5 Å². The molecule has 2 saturated heterocycles. The van der Waals surface area contributed by atoms with Crippen molar-refractivity contribution in [2.24, 2.45) is 7.05 Å². The smallest absolute Gasteiger partial charge is 0.264 e. The zero-order valence-corrected chi connectivity index (χ0v) is 35.6. The van der Waals surface area contributed by atoms with Crippen LogP contribution in [0.3, 0.4) is 0 Å². The number of anilines is 2. The highest BCUT2D eigenvalue weighted by molar-refractivity contribution is 6.23. The van der Waals surface area contributed by atoms with Gasteiger partial charge in [-0.2, -0.15) is 10.2 Å². The molecule has 15 nitrogen and oxygen atoms in total. The molecule has 1 N–H and O–H groups in total. The molecule has 6 aliphatic heterocycles. The lowest BCUT2D eigenvalue weighted by atomic mass is 9.92. The number of aryl methyl sites for hydroxylation is 2. The first-order valence-corrected chi connectivity index (χ1v) is 21.9. The van der Waals surface area contributed by atoms with Crippen LogP contribution in [0.15, 0.2) is 36.7 Å². The van der Waals surface area contributed by atoms with Gasteiger partial charge >= 0.3 is 0 Å². The van der Waals surface area contributed by atoms with Crippen LogP contribution in [-0.4, -0.2) is 120 Å². The van der Waals surface area contributed by atoms with Gasteiger partial charge in [0.15, 0.2) is 5.82 Å². The van der Waals surface area contributed by atoms with E-state index in [0.29, 0.717) is 87.6 Å². The highest BCUT2D eigenvalue weighted by Crippen LogP contribution is 2.44. The fourth-order valence-electron chi connectivity index (χ4n) is 10.6. The van der Waals surface area contributed by atoms with Gasteiger partial charge in [-0.05, 0) is 78.6 Å². The van der Waals surface area contributed by atoms with Crippen molar-refractivity contribution < 1.29 is 41.5 Å². The molecule has 2 aromatic carbocycles. The molecular formula is C45H48F4N10O5. The number of nitrogens with one attached hydrogen (secondary N) is 1. The lowest BCUT2D eigenvalue weighted by Crippen LogP contribution is -2.54. The van der Waals surface area contributed by atoms with Gasteiger partial charge in [-0.3, -0.25) is 53.4 Å². The third-order valence-electron chi connectivity index (χ3n) is 13.6. The number of halogens is 4. The average molecular weight is 885 g/mol. The molecule has 19 heteroatoms. The monoisotopic (exact) mass is 884 g/mol. The van der Waals surface area contributed by atoms with Crippen LogP contribution in [0.4, 0.5) is 29.1 Å². The van der Waals surface area contributed by atoms with Crippen LogP contribution in [0, 0.1) is 0 Å². The Kier molecular flexibility index (Phi) is 10.5. The van der Waals surface area contributed by atoms with Gasteiger partial charge < -0.3 is 9.80 Å². The first kappa shape index (κ1) is 42.0. The zero-order valence-electron chi connectivity index (χ0n) is 35.6. The molecule has 0 aliphatic carbocycles. The second-order valence-corrected chi connectivity index (χ2v) is 18.1. The number of amides is 5. The summed E-state index contributed by atoms with van der Waals surface area (Å²) in [5.74, 6) is -4.61. The molecule has 6 aliphatic rings. The second-order valence-electron chi connectivity index (χ2n) is 18.1. The Labute approximate surface area is 365 Å². The summed E-state index contributed by atoms with van der Waals surface area (Å²) >= 11 is 0. The van der Waals surface area contributed by atoms with Crippen molar-refractivity contribution in [1.29, 1.82) is 0 Å². The van der Waals surface area contributed by atoms with Crippen molar-refractivity contribution in [1.82, 2.24) is 44.5 Å². The Morgan fingerprint density at radius 3 is 2.20 bits per heavy atom. The maximum atomic E-state index is 14.8. The molecule has 1 atom stereocenters. The van der Waals surface area contributed by atoms with E-state index in [2.05, 4.69) is 10.4 Å². The summed E-state index contributed by atoms with van der Waals surface area (Å²) in [4.78, 5) is 73.2. The normalized spacial score (nSPS) is 20.9. The number of hydrogen-bond acceptors (Lipinski definition) is 10. The van der Waals surface area contributed by atoms with Crippen molar-refractivity contribution in [3.05, 3.63) is 81.3 Å². The molecule has 2 aromatic heterocycles. The van der Waals surface area contributed by atoms with E-state index in [4.69, 9.17) is 5.10 Å². The molecule has 2 fully saturated rings. The minimum atomic E-state index is -2.91. The Morgan fingerprint density at radius 2 is 1.56 bits per heavy atom. The predicted octanol–water partition coefficient (Wildman–Crippen LogP) is 4.90. The Morgan fingerprint density at radius 1 is 0.859 bits per heavy atom. The van der Waals surface area contributed by atoms with Gasteiger partial charge in [0.05, 0.1) is 36.5 Å². The van der Waals surface area contributed by atoms with Crippen LogP contribution in [-0.2, 0) is 53.9 Å². The van der Waals surface area contributed by atoms with E-state index in [1.54, 1.807) is 47.2 Å². The van der Waals surface area contributed by atoms with E-state index in [-0.39, 0.29) is 54.6 Å². The summed E-state index contributed by atoms with van der Waals surface area (Å²) in [6, 6.07) is 5.62. The topological polar surface area (TPSA) is 149 Å². The summed E-state index contributed by atoms with van der Waals surface area (Å²) in [5.41, 5.74) is 6.31. The number of carbonyl (C=O) groups is 5. The number of aromatic nitrogens is 4. The fraction of sp³-hybridized carbons (Fsp3) is 0.489. The zero-order chi connectivity index (χ0) is 44.8. The number of carbonyl (C=O) groups excluding carboxylic acids is 5. The maximum Gasteiger partial charge on any atom is 0.264 e. The Balaban J connectivity index is 0.845. The number of piperidine rings is 2. The number of nitrogens with zero attached hydrogens (tertiary/aromatic N) is 9. The van der Waals surface area contributed by atoms with Crippen molar-refractivity contribution in [3.63, 3.8) is 0 Å². The minimum Gasteiger partial charge on any atom is -0.341 e. The fourth-order valence-corrected chi connectivity index (χ4v) is 10.6. The minimum absolute atomic E-state index is 0.0361.